The van der Waals surface area contributed by atoms with E-state index < -0.39 is 15.9 Å². The highest BCUT2D eigenvalue weighted by molar-refractivity contribution is 7.90. The molecule has 0 saturated heterocycles. The zero-order chi connectivity index (χ0) is 28.3. The van der Waals surface area contributed by atoms with Gasteiger partial charge < -0.3 is 14.2 Å². The molecule has 0 atom stereocenters. The molecule has 0 unspecified atom stereocenters. The molecule has 39 heavy (non-hydrogen) atoms. The molecule has 0 saturated carbocycles. The number of ether oxygens (including phenoxy) is 3. The average molecular weight is 548 g/mol. The van der Waals surface area contributed by atoms with Crippen LogP contribution in [0, 0.1) is 27.7 Å². The van der Waals surface area contributed by atoms with E-state index in [4.69, 9.17) is 14.2 Å². The minimum absolute atomic E-state index is 0.0719. The average Bonchev–Trinajstić information content (AvgIpc) is 2.89. The van der Waals surface area contributed by atoms with Crippen molar-refractivity contribution in [1.29, 1.82) is 0 Å². The topological polar surface area (TPSA) is 117 Å². The number of amides is 1. The third-order valence-corrected chi connectivity index (χ3v) is 7.18. The summed E-state index contributed by atoms with van der Waals surface area (Å²) in [7, 11) is -1.21. The number of hydrogen-bond acceptors (Lipinski definition) is 8. The molecule has 0 radical (unpaired) electrons. The number of pyridine rings is 2. The number of nitrogens with one attached hydrogen (secondary N) is 1. The maximum absolute atomic E-state index is 13.3. The van der Waals surface area contributed by atoms with Crippen LogP contribution in [-0.4, -0.2) is 38.5 Å². The Morgan fingerprint density at radius 3 is 2.15 bits per heavy atom. The summed E-state index contributed by atoms with van der Waals surface area (Å²) in [5.74, 6) is 0.485. The SMILES string of the molecule is COc1cccc(-c2ccc(C(=O)NS(=O)(=O)c3cccc(C)n3)c(Oc3c(C)cc(C)cc3C)n2)c1OC. The van der Waals surface area contributed by atoms with Crippen molar-refractivity contribution in [1.82, 2.24) is 14.7 Å². The predicted molar refractivity (Wildman–Crippen MR) is 147 cm³/mol. The first-order chi connectivity index (χ1) is 18.5. The number of aromatic nitrogens is 2. The van der Waals surface area contributed by atoms with E-state index >= 15 is 0 Å². The van der Waals surface area contributed by atoms with Crippen LogP contribution in [0.3, 0.4) is 0 Å². The van der Waals surface area contributed by atoms with Crippen molar-refractivity contribution in [2.24, 2.45) is 0 Å². The molecule has 1 amide bonds. The molecule has 4 rings (SSSR count). The van der Waals surface area contributed by atoms with Gasteiger partial charge in [0.15, 0.2) is 16.5 Å². The third kappa shape index (κ3) is 5.85. The fourth-order valence-corrected chi connectivity index (χ4v) is 5.23. The highest BCUT2D eigenvalue weighted by atomic mass is 32.2. The fourth-order valence-electron chi connectivity index (χ4n) is 4.25. The molecule has 1 N–H and O–H groups in total. The molecule has 202 valence electrons. The van der Waals surface area contributed by atoms with E-state index in [0.29, 0.717) is 34.2 Å². The second kappa shape index (κ2) is 11.1. The van der Waals surface area contributed by atoms with Crippen molar-refractivity contribution < 1.29 is 27.4 Å². The van der Waals surface area contributed by atoms with Gasteiger partial charge in [-0.3, -0.25) is 4.79 Å². The number of carbonyl (C=O) groups excluding carboxylic acids is 1. The number of hydrogen-bond donors (Lipinski definition) is 1. The Bertz CT molecular complexity index is 1640. The van der Waals surface area contributed by atoms with Gasteiger partial charge in [-0.05, 0) is 75.2 Å². The van der Waals surface area contributed by atoms with Crippen LogP contribution < -0.4 is 18.9 Å². The van der Waals surface area contributed by atoms with Crippen LogP contribution in [0.15, 0.2) is 65.7 Å². The van der Waals surface area contributed by atoms with Crippen molar-refractivity contribution in [3.63, 3.8) is 0 Å². The third-order valence-electron chi connectivity index (χ3n) is 5.95. The Morgan fingerprint density at radius 1 is 0.821 bits per heavy atom. The first kappa shape index (κ1) is 27.6. The Hall–Kier alpha value is -4.44. The maximum Gasteiger partial charge on any atom is 0.281 e. The van der Waals surface area contributed by atoms with Crippen molar-refractivity contribution in [3.05, 3.63) is 88.6 Å². The number of sulfonamides is 1. The van der Waals surface area contributed by atoms with Gasteiger partial charge in [-0.1, -0.05) is 29.8 Å². The minimum Gasteiger partial charge on any atom is -0.493 e. The first-order valence-corrected chi connectivity index (χ1v) is 13.5. The van der Waals surface area contributed by atoms with Gasteiger partial charge in [0.05, 0.1) is 19.9 Å². The Labute approximate surface area is 227 Å². The Balaban J connectivity index is 1.83. The van der Waals surface area contributed by atoms with Crippen LogP contribution in [0.1, 0.15) is 32.7 Å². The van der Waals surface area contributed by atoms with Gasteiger partial charge in [0.2, 0.25) is 5.88 Å². The van der Waals surface area contributed by atoms with Gasteiger partial charge in [-0.2, -0.15) is 8.42 Å². The lowest BCUT2D eigenvalue weighted by atomic mass is 10.1. The molecular weight excluding hydrogens is 518 g/mol. The van der Waals surface area contributed by atoms with E-state index in [0.717, 1.165) is 16.7 Å². The van der Waals surface area contributed by atoms with Crippen molar-refractivity contribution in [3.8, 4) is 34.4 Å². The molecule has 0 fully saturated rings. The van der Waals surface area contributed by atoms with Crippen LogP contribution in [0.5, 0.6) is 23.1 Å². The number of aryl methyl sites for hydroxylation is 4. The monoisotopic (exact) mass is 547 g/mol. The normalized spacial score (nSPS) is 11.1. The number of rotatable bonds is 8. The largest absolute Gasteiger partial charge is 0.493 e. The predicted octanol–water partition coefficient (Wildman–Crippen LogP) is 5.31. The standard InChI is InChI=1S/C29H29N3O6S/c1-17-15-18(2)26(19(3)16-17)38-29-22(28(33)32-39(34,35)25-12-7-9-20(4)30-25)13-14-23(31-29)21-10-8-11-24(36-5)27(21)37-6/h7-16H,1-6H3,(H,32,33). The van der Waals surface area contributed by atoms with Crippen LogP contribution in [-0.2, 0) is 10.0 Å². The van der Waals surface area contributed by atoms with Crippen LogP contribution in [0.4, 0.5) is 0 Å². The Kier molecular flexibility index (Phi) is 7.87. The van der Waals surface area contributed by atoms with E-state index in [1.54, 1.807) is 43.3 Å². The summed E-state index contributed by atoms with van der Waals surface area (Å²) in [6, 6.07) is 16.8. The van der Waals surface area contributed by atoms with E-state index in [9.17, 15) is 13.2 Å². The van der Waals surface area contributed by atoms with Gasteiger partial charge in [0, 0.05) is 11.3 Å². The van der Waals surface area contributed by atoms with Crippen LogP contribution in [0.25, 0.3) is 11.3 Å². The van der Waals surface area contributed by atoms with Gasteiger partial charge in [0.25, 0.3) is 15.9 Å². The molecule has 0 bridgehead atoms. The van der Waals surface area contributed by atoms with E-state index in [-0.39, 0.29) is 16.5 Å². The molecule has 0 aliphatic rings. The molecule has 2 heterocycles. The number of nitrogens with zero attached hydrogens (tertiary/aromatic N) is 2. The molecule has 0 aliphatic heterocycles. The number of benzene rings is 2. The molecule has 10 heteroatoms. The second-order valence-corrected chi connectivity index (χ2v) is 10.6. The lowest BCUT2D eigenvalue weighted by Gasteiger charge is -2.17. The summed E-state index contributed by atoms with van der Waals surface area (Å²) in [6.45, 7) is 7.41. The van der Waals surface area contributed by atoms with Crippen LogP contribution in [0.2, 0.25) is 0 Å². The lowest BCUT2D eigenvalue weighted by molar-refractivity contribution is 0.0978. The summed E-state index contributed by atoms with van der Waals surface area (Å²) in [5, 5.41) is -0.269. The van der Waals surface area contributed by atoms with Gasteiger partial charge in [-0.15, -0.1) is 0 Å². The highest BCUT2D eigenvalue weighted by Gasteiger charge is 2.25. The maximum atomic E-state index is 13.3. The van der Waals surface area contributed by atoms with Gasteiger partial charge in [-0.25, -0.2) is 14.7 Å². The smallest absolute Gasteiger partial charge is 0.281 e. The summed E-state index contributed by atoms with van der Waals surface area (Å²) >= 11 is 0. The van der Waals surface area contributed by atoms with E-state index in [2.05, 4.69) is 14.7 Å². The summed E-state index contributed by atoms with van der Waals surface area (Å²) in [5.41, 5.74) is 4.18. The second-order valence-electron chi connectivity index (χ2n) is 8.97. The minimum atomic E-state index is -4.25. The molecule has 2 aromatic carbocycles. The number of para-hydroxylation sites is 1. The number of carbonyl (C=O) groups is 1. The van der Waals surface area contributed by atoms with Gasteiger partial charge >= 0.3 is 0 Å². The first-order valence-electron chi connectivity index (χ1n) is 12.0. The van der Waals surface area contributed by atoms with Crippen LogP contribution >= 0.6 is 0 Å². The van der Waals surface area contributed by atoms with Crippen molar-refractivity contribution in [2.45, 2.75) is 32.7 Å². The quantitative estimate of drug-likeness (QED) is 0.316. The zero-order valence-corrected chi connectivity index (χ0v) is 23.3. The summed E-state index contributed by atoms with van der Waals surface area (Å²) < 4.78 is 45.2. The summed E-state index contributed by atoms with van der Waals surface area (Å²) in [4.78, 5) is 22.0. The molecule has 4 aromatic rings. The van der Waals surface area contributed by atoms with E-state index in [1.165, 1.54) is 26.4 Å². The Morgan fingerprint density at radius 2 is 1.51 bits per heavy atom. The number of methoxy groups -OCH3 is 2. The fraction of sp³-hybridized carbons (Fsp3) is 0.207. The van der Waals surface area contributed by atoms with E-state index in [1.807, 2.05) is 32.9 Å². The highest BCUT2D eigenvalue weighted by Crippen LogP contribution is 2.39. The zero-order valence-electron chi connectivity index (χ0n) is 22.5. The molecule has 2 aromatic heterocycles. The van der Waals surface area contributed by atoms with Crippen molar-refractivity contribution in [2.75, 3.05) is 14.2 Å². The molecular formula is C29H29N3O6S. The van der Waals surface area contributed by atoms with Gasteiger partial charge in [0.1, 0.15) is 11.3 Å². The van der Waals surface area contributed by atoms with Crippen molar-refractivity contribution >= 4 is 15.9 Å². The summed E-state index contributed by atoms with van der Waals surface area (Å²) in [6.07, 6.45) is 0. The molecule has 9 nitrogen and oxygen atoms in total. The lowest BCUT2D eigenvalue weighted by Crippen LogP contribution is -2.31. The molecule has 0 aliphatic carbocycles. The molecule has 0 spiro atoms.